The largest absolute Gasteiger partial charge is 0.481 e. The summed E-state index contributed by atoms with van der Waals surface area (Å²) in [6, 6.07) is 5.60. The Balaban J connectivity index is 2.35. The first kappa shape index (κ1) is 13.5. The van der Waals surface area contributed by atoms with Gasteiger partial charge in [0.1, 0.15) is 0 Å². The van der Waals surface area contributed by atoms with Crippen LogP contribution in [0, 0.1) is 25.7 Å². The Morgan fingerprint density at radius 2 is 1.74 bits per heavy atom. The van der Waals surface area contributed by atoms with E-state index in [1.165, 1.54) is 0 Å². The fourth-order valence-corrected chi connectivity index (χ4v) is 2.59. The summed E-state index contributed by atoms with van der Waals surface area (Å²) < 4.78 is 0. The van der Waals surface area contributed by atoms with Crippen molar-refractivity contribution in [2.24, 2.45) is 11.8 Å². The first-order valence-electron chi connectivity index (χ1n) is 6.50. The molecule has 3 nitrogen and oxygen atoms in total. The average molecular weight is 258 g/mol. The van der Waals surface area contributed by atoms with Crippen LogP contribution in [-0.4, -0.2) is 16.9 Å². The number of Topliss-reactive ketones (excluding diaryl/α,β-unsaturated/α-hetero) is 1. The summed E-state index contributed by atoms with van der Waals surface area (Å²) >= 11 is 0. The zero-order valence-electron chi connectivity index (χ0n) is 11.2. The maximum absolute atomic E-state index is 12.6. The molecule has 3 heteroatoms. The number of rotatable bonds is 3. The highest BCUT2D eigenvalue weighted by Crippen LogP contribution is 2.30. The standard InChI is InChI=1S/C16H18O3/c1-10-6-5-9-12(11(10)2)15(17)13-7-3-4-8-14(13)16(18)19/h3-6,9,13-14H,7-8H2,1-2H3,(H,18,19). The minimum Gasteiger partial charge on any atom is -0.481 e. The third kappa shape index (κ3) is 2.60. The van der Waals surface area contributed by atoms with Crippen LogP contribution in [0.2, 0.25) is 0 Å². The van der Waals surface area contributed by atoms with Crippen LogP contribution in [0.3, 0.4) is 0 Å². The third-order valence-electron chi connectivity index (χ3n) is 3.96. The van der Waals surface area contributed by atoms with Gasteiger partial charge < -0.3 is 5.11 Å². The maximum atomic E-state index is 12.6. The Morgan fingerprint density at radius 1 is 1.11 bits per heavy atom. The number of hydrogen-bond acceptors (Lipinski definition) is 2. The van der Waals surface area contributed by atoms with Crippen LogP contribution in [0.4, 0.5) is 0 Å². The fourth-order valence-electron chi connectivity index (χ4n) is 2.59. The van der Waals surface area contributed by atoms with Crippen LogP contribution in [0.1, 0.15) is 34.3 Å². The lowest BCUT2D eigenvalue weighted by Gasteiger charge is -2.24. The number of hydrogen-bond donors (Lipinski definition) is 1. The van der Waals surface area contributed by atoms with E-state index in [4.69, 9.17) is 0 Å². The van der Waals surface area contributed by atoms with Gasteiger partial charge >= 0.3 is 5.97 Å². The molecule has 0 saturated carbocycles. The van der Waals surface area contributed by atoms with E-state index in [2.05, 4.69) is 0 Å². The SMILES string of the molecule is Cc1cccc(C(=O)C2CC=CCC2C(=O)O)c1C. The molecule has 0 amide bonds. The fraction of sp³-hybridized carbons (Fsp3) is 0.375. The van der Waals surface area contributed by atoms with Crippen molar-refractivity contribution in [1.29, 1.82) is 0 Å². The monoisotopic (exact) mass is 258 g/mol. The third-order valence-corrected chi connectivity index (χ3v) is 3.96. The number of carboxylic acid groups (broad SMARTS) is 1. The zero-order chi connectivity index (χ0) is 14.0. The van der Waals surface area contributed by atoms with Crippen molar-refractivity contribution in [2.45, 2.75) is 26.7 Å². The second-order valence-electron chi connectivity index (χ2n) is 5.11. The first-order valence-corrected chi connectivity index (χ1v) is 6.50. The Labute approximate surface area is 113 Å². The van der Waals surface area contributed by atoms with E-state index >= 15 is 0 Å². The van der Waals surface area contributed by atoms with Crippen LogP contribution < -0.4 is 0 Å². The lowest BCUT2D eigenvalue weighted by atomic mass is 9.77. The smallest absolute Gasteiger partial charge is 0.307 e. The van der Waals surface area contributed by atoms with E-state index in [-0.39, 0.29) is 5.78 Å². The minimum absolute atomic E-state index is 0.0436. The number of benzene rings is 1. The number of carbonyl (C=O) groups is 2. The summed E-state index contributed by atoms with van der Waals surface area (Å²) in [5.41, 5.74) is 2.67. The molecule has 0 bridgehead atoms. The molecule has 100 valence electrons. The molecular formula is C16H18O3. The van der Waals surface area contributed by atoms with Crippen LogP contribution >= 0.6 is 0 Å². The summed E-state index contributed by atoms with van der Waals surface area (Å²) in [5, 5.41) is 9.24. The number of allylic oxidation sites excluding steroid dienone is 2. The van der Waals surface area contributed by atoms with Gasteiger partial charge in [-0.25, -0.2) is 0 Å². The Bertz CT molecular complexity index is 543. The van der Waals surface area contributed by atoms with Crippen molar-refractivity contribution in [3.05, 3.63) is 47.0 Å². The summed E-state index contributed by atoms with van der Waals surface area (Å²) in [6.45, 7) is 3.87. The van der Waals surface area contributed by atoms with Gasteiger partial charge in [-0.05, 0) is 37.8 Å². The Kier molecular flexibility index (Phi) is 3.84. The Hall–Kier alpha value is -1.90. The predicted molar refractivity (Wildman–Crippen MR) is 73.2 cm³/mol. The molecule has 19 heavy (non-hydrogen) atoms. The van der Waals surface area contributed by atoms with Crippen LogP contribution in [0.25, 0.3) is 0 Å². The van der Waals surface area contributed by atoms with E-state index in [1.807, 2.05) is 38.1 Å². The van der Waals surface area contributed by atoms with Crippen LogP contribution in [0.15, 0.2) is 30.4 Å². The van der Waals surface area contributed by atoms with E-state index in [1.54, 1.807) is 6.07 Å². The van der Waals surface area contributed by atoms with Gasteiger partial charge in [0.15, 0.2) is 5.78 Å². The number of carbonyl (C=O) groups excluding carboxylic acids is 1. The van der Waals surface area contributed by atoms with Gasteiger partial charge in [-0.15, -0.1) is 0 Å². The highest BCUT2D eigenvalue weighted by atomic mass is 16.4. The summed E-state index contributed by atoms with van der Waals surface area (Å²) in [7, 11) is 0. The lowest BCUT2D eigenvalue weighted by molar-refractivity contribution is -0.143. The normalized spacial score (nSPS) is 22.2. The van der Waals surface area contributed by atoms with Gasteiger partial charge in [-0.3, -0.25) is 9.59 Å². The van der Waals surface area contributed by atoms with Gasteiger partial charge in [0, 0.05) is 11.5 Å². The first-order chi connectivity index (χ1) is 9.02. The second kappa shape index (κ2) is 5.39. The maximum Gasteiger partial charge on any atom is 0.307 e. The molecule has 2 unspecified atom stereocenters. The molecule has 0 spiro atoms. The molecule has 0 saturated heterocycles. The van der Waals surface area contributed by atoms with Crippen molar-refractivity contribution in [1.82, 2.24) is 0 Å². The quantitative estimate of drug-likeness (QED) is 0.669. The summed E-state index contributed by atoms with van der Waals surface area (Å²) in [5.74, 6) is -1.97. The van der Waals surface area contributed by atoms with Crippen LogP contribution in [-0.2, 0) is 4.79 Å². The van der Waals surface area contributed by atoms with Gasteiger partial charge in [-0.2, -0.15) is 0 Å². The molecule has 0 fully saturated rings. The van der Waals surface area contributed by atoms with Crippen molar-refractivity contribution in [3.63, 3.8) is 0 Å². The van der Waals surface area contributed by atoms with E-state index < -0.39 is 17.8 Å². The summed E-state index contributed by atoms with van der Waals surface area (Å²) in [6.07, 6.45) is 4.72. The highest BCUT2D eigenvalue weighted by molar-refractivity contribution is 6.01. The molecule has 0 aromatic heterocycles. The minimum atomic E-state index is -0.881. The van der Waals surface area contributed by atoms with Gasteiger partial charge in [0.2, 0.25) is 0 Å². The van der Waals surface area contributed by atoms with Crippen molar-refractivity contribution >= 4 is 11.8 Å². The van der Waals surface area contributed by atoms with Gasteiger partial charge in [0.05, 0.1) is 5.92 Å². The average Bonchev–Trinajstić information content (AvgIpc) is 2.41. The van der Waals surface area contributed by atoms with Crippen LogP contribution in [0.5, 0.6) is 0 Å². The molecule has 1 aliphatic carbocycles. The molecular weight excluding hydrogens is 240 g/mol. The second-order valence-corrected chi connectivity index (χ2v) is 5.11. The molecule has 1 N–H and O–H groups in total. The Morgan fingerprint density at radius 3 is 2.37 bits per heavy atom. The molecule has 2 atom stereocenters. The zero-order valence-corrected chi connectivity index (χ0v) is 11.2. The predicted octanol–water partition coefficient (Wildman–Crippen LogP) is 3.15. The number of carboxylic acids is 1. The van der Waals surface area contributed by atoms with Crippen molar-refractivity contribution < 1.29 is 14.7 Å². The van der Waals surface area contributed by atoms with E-state index in [0.29, 0.717) is 18.4 Å². The highest BCUT2D eigenvalue weighted by Gasteiger charge is 2.34. The molecule has 1 aromatic rings. The number of aryl methyl sites for hydroxylation is 1. The van der Waals surface area contributed by atoms with E-state index in [9.17, 15) is 14.7 Å². The molecule has 0 heterocycles. The molecule has 2 rings (SSSR count). The van der Waals surface area contributed by atoms with Gasteiger partial charge in [0.25, 0.3) is 0 Å². The number of ketones is 1. The number of aliphatic carboxylic acids is 1. The molecule has 1 aliphatic rings. The summed E-state index contributed by atoms with van der Waals surface area (Å²) in [4.78, 5) is 23.9. The molecule has 0 radical (unpaired) electrons. The topological polar surface area (TPSA) is 54.4 Å². The van der Waals surface area contributed by atoms with Crippen molar-refractivity contribution in [2.75, 3.05) is 0 Å². The van der Waals surface area contributed by atoms with Gasteiger partial charge in [-0.1, -0.05) is 30.4 Å². The van der Waals surface area contributed by atoms with Crippen molar-refractivity contribution in [3.8, 4) is 0 Å². The molecule has 1 aromatic carbocycles. The molecule has 0 aliphatic heterocycles. The lowest BCUT2D eigenvalue weighted by Crippen LogP contribution is -2.31. The van der Waals surface area contributed by atoms with E-state index in [0.717, 1.165) is 11.1 Å².